The van der Waals surface area contributed by atoms with Crippen LogP contribution in [0.4, 0.5) is 0 Å². The smallest absolute Gasteiger partial charge is 0.233 e. The van der Waals surface area contributed by atoms with Crippen molar-refractivity contribution in [2.75, 3.05) is 12.4 Å². The van der Waals surface area contributed by atoms with Crippen LogP contribution in [0.1, 0.15) is 22.4 Å². The first kappa shape index (κ1) is 17.9. The molecule has 1 atom stereocenters. The molecule has 0 spiro atoms. The Labute approximate surface area is 165 Å². The van der Waals surface area contributed by atoms with Crippen molar-refractivity contribution < 1.29 is 4.74 Å². The number of nitrogens with zero attached hydrogens (tertiary/aromatic N) is 2. The molecule has 138 valence electrons. The first-order chi connectivity index (χ1) is 13.3. The maximum absolute atomic E-state index is 5.93. The molecule has 4 heteroatoms. The van der Waals surface area contributed by atoms with Crippen molar-refractivity contribution in [1.29, 1.82) is 0 Å². The molecule has 27 heavy (non-hydrogen) atoms. The largest absolute Gasteiger partial charge is 0.474 e. The Kier molecular flexibility index (Phi) is 5.64. The summed E-state index contributed by atoms with van der Waals surface area (Å²) in [6, 6.07) is 23.6. The van der Waals surface area contributed by atoms with Gasteiger partial charge in [-0.25, -0.2) is 4.99 Å². The van der Waals surface area contributed by atoms with Crippen molar-refractivity contribution >= 4 is 17.7 Å². The fraction of sp³-hybridized carbons (Fsp3) is 0.261. The molecule has 2 aromatic carbocycles. The molecule has 0 amide bonds. The fourth-order valence-corrected chi connectivity index (χ4v) is 4.15. The number of hydrogen-bond acceptors (Lipinski definition) is 3. The van der Waals surface area contributed by atoms with E-state index in [9.17, 15) is 0 Å². The lowest BCUT2D eigenvalue weighted by Gasteiger charge is -2.09. The predicted octanol–water partition coefficient (Wildman–Crippen LogP) is 4.92. The van der Waals surface area contributed by atoms with Crippen molar-refractivity contribution in [3.05, 3.63) is 95.3 Å². The third-order valence-corrected chi connectivity index (χ3v) is 5.81. The van der Waals surface area contributed by atoms with Crippen LogP contribution in [0.2, 0.25) is 0 Å². The Morgan fingerprint density at radius 3 is 2.63 bits per heavy atom. The lowest BCUT2D eigenvalue weighted by Crippen LogP contribution is -2.11. The standard InChI is InChI=1S/C23H24N2OS/c1-18-9-11-19(12-10-18)14-25-13-5-8-22(25)23-24-21(15-26-23)17-27-16-20-6-3-2-4-7-20/h2-13,21H,14-17H2,1H3/t21-/m0/s1. The maximum Gasteiger partial charge on any atom is 0.233 e. The summed E-state index contributed by atoms with van der Waals surface area (Å²) in [7, 11) is 0. The normalized spacial score (nSPS) is 16.2. The van der Waals surface area contributed by atoms with Crippen molar-refractivity contribution in [2.45, 2.75) is 25.3 Å². The third kappa shape index (κ3) is 4.64. The minimum absolute atomic E-state index is 0.233. The van der Waals surface area contributed by atoms with Gasteiger partial charge in [0.05, 0.1) is 6.04 Å². The molecule has 1 aromatic heterocycles. The molecule has 0 N–H and O–H groups in total. The van der Waals surface area contributed by atoms with E-state index in [1.54, 1.807) is 0 Å². The summed E-state index contributed by atoms with van der Waals surface area (Å²) in [6.45, 7) is 3.62. The van der Waals surface area contributed by atoms with Gasteiger partial charge in [0.1, 0.15) is 12.3 Å². The molecule has 1 aliphatic heterocycles. The lowest BCUT2D eigenvalue weighted by molar-refractivity contribution is 0.323. The highest BCUT2D eigenvalue weighted by Gasteiger charge is 2.22. The highest BCUT2D eigenvalue weighted by molar-refractivity contribution is 7.98. The highest BCUT2D eigenvalue weighted by atomic mass is 32.2. The van der Waals surface area contributed by atoms with Gasteiger partial charge in [-0.3, -0.25) is 0 Å². The summed E-state index contributed by atoms with van der Waals surface area (Å²) >= 11 is 1.92. The molecule has 4 rings (SSSR count). The Morgan fingerprint density at radius 2 is 1.81 bits per heavy atom. The zero-order chi connectivity index (χ0) is 18.5. The van der Waals surface area contributed by atoms with Crippen LogP contribution in [0.3, 0.4) is 0 Å². The highest BCUT2D eigenvalue weighted by Crippen LogP contribution is 2.20. The molecule has 0 aliphatic carbocycles. The van der Waals surface area contributed by atoms with E-state index in [0.717, 1.165) is 29.6 Å². The molecule has 0 saturated carbocycles. The maximum atomic E-state index is 5.93. The number of rotatable bonds is 7. The van der Waals surface area contributed by atoms with Crippen molar-refractivity contribution in [1.82, 2.24) is 4.57 Å². The van der Waals surface area contributed by atoms with Gasteiger partial charge >= 0.3 is 0 Å². The summed E-state index contributed by atoms with van der Waals surface area (Å²) in [6.07, 6.45) is 2.10. The molecule has 1 aliphatic rings. The minimum atomic E-state index is 0.233. The summed E-state index contributed by atoms with van der Waals surface area (Å²) in [5.41, 5.74) is 4.99. The second-order valence-corrected chi connectivity index (χ2v) is 7.94. The van der Waals surface area contributed by atoms with Crippen LogP contribution < -0.4 is 0 Å². The topological polar surface area (TPSA) is 26.5 Å². The van der Waals surface area contributed by atoms with Crippen LogP contribution in [-0.4, -0.2) is 28.9 Å². The lowest BCUT2D eigenvalue weighted by atomic mass is 10.1. The molecule has 0 unspecified atom stereocenters. The molecule has 3 nitrogen and oxygen atoms in total. The van der Waals surface area contributed by atoms with E-state index in [1.165, 1.54) is 16.7 Å². The summed E-state index contributed by atoms with van der Waals surface area (Å²) in [5.74, 6) is 2.78. The van der Waals surface area contributed by atoms with E-state index in [1.807, 2.05) is 11.8 Å². The summed E-state index contributed by atoms with van der Waals surface area (Å²) in [5, 5.41) is 0. The first-order valence-electron chi connectivity index (χ1n) is 9.31. The fourth-order valence-electron chi connectivity index (χ4n) is 3.16. The molecular weight excluding hydrogens is 352 g/mol. The van der Waals surface area contributed by atoms with Gasteiger partial charge in [0.25, 0.3) is 0 Å². The molecule has 0 bridgehead atoms. The number of ether oxygens (including phenoxy) is 1. The Hall–Kier alpha value is -2.46. The molecule has 0 saturated heterocycles. The third-order valence-electron chi connectivity index (χ3n) is 4.66. The monoisotopic (exact) mass is 376 g/mol. The van der Waals surface area contributed by atoms with Crippen LogP contribution in [0, 0.1) is 6.92 Å². The van der Waals surface area contributed by atoms with E-state index >= 15 is 0 Å². The van der Waals surface area contributed by atoms with E-state index in [4.69, 9.17) is 9.73 Å². The molecule has 3 aromatic rings. The van der Waals surface area contributed by atoms with Gasteiger partial charge < -0.3 is 9.30 Å². The summed E-state index contributed by atoms with van der Waals surface area (Å²) < 4.78 is 8.14. The van der Waals surface area contributed by atoms with Gasteiger partial charge in [0.2, 0.25) is 5.90 Å². The van der Waals surface area contributed by atoms with Gasteiger partial charge in [-0.1, -0.05) is 60.2 Å². The Bertz CT molecular complexity index is 900. The molecule has 0 fully saturated rings. The number of aromatic nitrogens is 1. The molecule has 2 heterocycles. The van der Waals surface area contributed by atoms with E-state index in [0.29, 0.717) is 6.61 Å². The SMILES string of the molecule is Cc1ccc(Cn2cccc2C2=N[C@H](CSCc3ccccc3)CO2)cc1. The number of hydrogen-bond donors (Lipinski definition) is 0. The van der Waals surface area contributed by atoms with Gasteiger partial charge in [-0.2, -0.15) is 11.8 Å². The van der Waals surface area contributed by atoms with Crippen LogP contribution >= 0.6 is 11.8 Å². The van der Waals surface area contributed by atoms with Crippen molar-refractivity contribution in [3.8, 4) is 0 Å². The first-order valence-corrected chi connectivity index (χ1v) is 10.5. The van der Waals surface area contributed by atoms with Crippen LogP contribution in [0.25, 0.3) is 0 Å². The number of thioether (sulfide) groups is 1. The van der Waals surface area contributed by atoms with Gasteiger partial charge in [0, 0.05) is 24.2 Å². The van der Waals surface area contributed by atoms with Crippen LogP contribution in [0.5, 0.6) is 0 Å². The second-order valence-electron chi connectivity index (χ2n) is 6.91. The Morgan fingerprint density at radius 1 is 1.00 bits per heavy atom. The molecular formula is C23H24N2OS. The quantitative estimate of drug-likeness (QED) is 0.585. The minimum Gasteiger partial charge on any atom is -0.474 e. The van der Waals surface area contributed by atoms with Gasteiger partial charge in [0.15, 0.2) is 0 Å². The van der Waals surface area contributed by atoms with E-state index in [2.05, 4.69) is 84.4 Å². The van der Waals surface area contributed by atoms with Crippen molar-refractivity contribution in [2.24, 2.45) is 4.99 Å². The van der Waals surface area contributed by atoms with Gasteiger partial charge in [-0.15, -0.1) is 0 Å². The Balaban J connectivity index is 1.37. The number of aliphatic imine (C=N–C) groups is 1. The van der Waals surface area contributed by atoms with Gasteiger partial charge in [-0.05, 0) is 30.2 Å². The van der Waals surface area contributed by atoms with Crippen LogP contribution in [0.15, 0.2) is 77.9 Å². The average Bonchev–Trinajstić information content (AvgIpc) is 3.34. The van der Waals surface area contributed by atoms with Crippen molar-refractivity contribution in [3.63, 3.8) is 0 Å². The number of benzene rings is 2. The summed E-state index contributed by atoms with van der Waals surface area (Å²) in [4.78, 5) is 4.83. The number of aryl methyl sites for hydroxylation is 1. The van der Waals surface area contributed by atoms with E-state index in [-0.39, 0.29) is 6.04 Å². The predicted molar refractivity (Wildman–Crippen MR) is 114 cm³/mol. The zero-order valence-electron chi connectivity index (χ0n) is 15.5. The average molecular weight is 377 g/mol. The zero-order valence-corrected chi connectivity index (χ0v) is 16.4. The van der Waals surface area contributed by atoms with E-state index < -0.39 is 0 Å². The second kappa shape index (κ2) is 8.49. The molecule has 0 radical (unpaired) electrons. The van der Waals surface area contributed by atoms with Crippen LogP contribution in [-0.2, 0) is 17.0 Å².